The van der Waals surface area contributed by atoms with Crippen LogP contribution in [0.3, 0.4) is 0 Å². The van der Waals surface area contributed by atoms with Gasteiger partial charge in [-0.05, 0) is 63.4 Å². The lowest BCUT2D eigenvalue weighted by molar-refractivity contribution is 0.310. The van der Waals surface area contributed by atoms with E-state index >= 15 is 0 Å². The van der Waals surface area contributed by atoms with E-state index in [-0.39, 0.29) is 0 Å². The molecular weight excluding hydrogens is 350 g/mol. The van der Waals surface area contributed by atoms with Crippen molar-refractivity contribution in [3.8, 4) is 11.5 Å². The van der Waals surface area contributed by atoms with Gasteiger partial charge in [0.2, 0.25) is 10.0 Å². The molecule has 5 nitrogen and oxygen atoms in total. The predicted molar refractivity (Wildman–Crippen MR) is 104 cm³/mol. The van der Waals surface area contributed by atoms with E-state index < -0.39 is 16.1 Å². The largest absolute Gasteiger partial charge is 0.493 e. The van der Waals surface area contributed by atoms with Crippen LogP contribution in [0, 0.1) is 20.8 Å². The average Bonchev–Trinajstić information content (AvgIpc) is 2.53. The normalized spacial score (nSPS) is 12.7. The van der Waals surface area contributed by atoms with Gasteiger partial charge >= 0.3 is 0 Å². The Bertz CT molecular complexity index is 868. The fraction of sp³-hybridized carbons (Fsp3) is 0.400. The van der Waals surface area contributed by atoms with Gasteiger partial charge in [-0.1, -0.05) is 23.8 Å². The van der Waals surface area contributed by atoms with Crippen LogP contribution in [0.2, 0.25) is 0 Å². The van der Waals surface area contributed by atoms with Crippen LogP contribution in [-0.2, 0) is 10.0 Å². The van der Waals surface area contributed by atoms with Crippen LogP contribution in [0.25, 0.3) is 0 Å². The van der Waals surface area contributed by atoms with Gasteiger partial charge in [0.05, 0.1) is 18.6 Å². The van der Waals surface area contributed by atoms with Crippen LogP contribution in [0.15, 0.2) is 35.2 Å². The number of methoxy groups -OCH3 is 1. The van der Waals surface area contributed by atoms with Gasteiger partial charge in [-0.25, -0.2) is 13.1 Å². The third kappa shape index (κ3) is 4.37. The molecule has 0 saturated carbocycles. The van der Waals surface area contributed by atoms with Crippen molar-refractivity contribution in [2.24, 2.45) is 0 Å². The third-order valence-electron chi connectivity index (χ3n) is 4.19. The van der Waals surface area contributed by atoms with E-state index in [2.05, 4.69) is 4.72 Å². The minimum atomic E-state index is -3.65. The maximum absolute atomic E-state index is 12.9. The maximum atomic E-state index is 12.9. The van der Waals surface area contributed by atoms with Crippen LogP contribution in [0.4, 0.5) is 0 Å². The van der Waals surface area contributed by atoms with Gasteiger partial charge in [0.1, 0.15) is 0 Å². The number of aryl methyl sites for hydroxylation is 3. The van der Waals surface area contributed by atoms with E-state index in [1.165, 1.54) is 0 Å². The topological polar surface area (TPSA) is 64.6 Å². The lowest BCUT2D eigenvalue weighted by Crippen LogP contribution is -2.28. The molecule has 0 aliphatic carbocycles. The first-order chi connectivity index (χ1) is 12.2. The molecule has 0 aromatic heterocycles. The molecule has 1 atom stereocenters. The molecule has 2 aromatic rings. The Kier molecular flexibility index (Phi) is 6.31. The summed E-state index contributed by atoms with van der Waals surface area (Å²) < 4.78 is 39.5. The highest BCUT2D eigenvalue weighted by atomic mass is 32.2. The van der Waals surface area contributed by atoms with E-state index in [0.717, 1.165) is 22.3 Å². The number of benzene rings is 2. The van der Waals surface area contributed by atoms with Crippen LogP contribution in [-0.4, -0.2) is 22.1 Å². The first-order valence-corrected chi connectivity index (χ1v) is 10.1. The highest BCUT2D eigenvalue weighted by Crippen LogP contribution is 2.31. The molecule has 0 aliphatic rings. The summed E-state index contributed by atoms with van der Waals surface area (Å²) in [4.78, 5) is 0.341. The Hall–Kier alpha value is -2.05. The molecule has 142 valence electrons. The first kappa shape index (κ1) is 20.3. The highest BCUT2D eigenvalue weighted by molar-refractivity contribution is 7.89. The molecule has 0 amide bonds. The van der Waals surface area contributed by atoms with Crippen molar-refractivity contribution in [2.75, 3.05) is 13.7 Å². The van der Waals surface area contributed by atoms with E-state index in [1.54, 1.807) is 19.2 Å². The number of rotatable bonds is 7. The average molecular weight is 378 g/mol. The Labute approximate surface area is 156 Å². The molecule has 2 rings (SSSR count). The summed E-state index contributed by atoms with van der Waals surface area (Å²) in [5, 5.41) is 0. The van der Waals surface area contributed by atoms with Crippen molar-refractivity contribution in [3.05, 3.63) is 52.6 Å². The zero-order valence-electron chi connectivity index (χ0n) is 16.2. The summed E-state index contributed by atoms with van der Waals surface area (Å²) in [6.45, 7) is 9.84. The Balaban J connectivity index is 2.33. The molecule has 0 heterocycles. The number of ether oxygens (including phenoxy) is 2. The third-order valence-corrected chi connectivity index (χ3v) is 6.04. The van der Waals surface area contributed by atoms with Gasteiger partial charge in [0, 0.05) is 6.04 Å². The maximum Gasteiger partial charge on any atom is 0.241 e. The molecule has 0 bridgehead atoms. The summed E-state index contributed by atoms with van der Waals surface area (Å²) in [7, 11) is -2.08. The summed E-state index contributed by atoms with van der Waals surface area (Å²) in [6.07, 6.45) is 0. The van der Waals surface area contributed by atoms with Gasteiger partial charge in [0.25, 0.3) is 0 Å². The molecule has 6 heteroatoms. The molecule has 0 radical (unpaired) electrons. The fourth-order valence-corrected chi connectivity index (χ4v) is 4.86. The van der Waals surface area contributed by atoms with Gasteiger partial charge in [0.15, 0.2) is 11.5 Å². The molecule has 2 aromatic carbocycles. The monoisotopic (exact) mass is 377 g/mol. The zero-order chi connectivity index (χ0) is 19.5. The van der Waals surface area contributed by atoms with Crippen LogP contribution < -0.4 is 14.2 Å². The van der Waals surface area contributed by atoms with Crippen molar-refractivity contribution in [1.82, 2.24) is 4.72 Å². The molecular formula is C20H27NO4S. The highest BCUT2D eigenvalue weighted by Gasteiger charge is 2.23. The minimum absolute atomic E-state index is 0.341. The number of sulfonamides is 1. The van der Waals surface area contributed by atoms with E-state index in [9.17, 15) is 8.42 Å². The van der Waals surface area contributed by atoms with Gasteiger partial charge in [-0.15, -0.1) is 0 Å². The number of hydrogen-bond donors (Lipinski definition) is 1. The van der Waals surface area contributed by atoms with Crippen LogP contribution in [0.1, 0.15) is 42.1 Å². The SMILES string of the molecule is CCOc1ccc(C(C)NS(=O)(=O)c2c(C)cc(C)cc2C)cc1OC. The van der Waals surface area contributed by atoms with Gasteiger partial charge in [-0.3, -0.25) is 0 Å². The molecule has 0 fully saturated rings. The predicted octanol–water partition coefficient (Wildman–Crippen LogP) is 4.06. The van der Waals surface area contributed by atoms with Crippen molar-refractivity contribution >= 4 is 10.0 Å². The Morgan fingerprint density at radius 1 is 1.04 bits per heavy atom. The standard InChI is InChI=1S/C20H27NO4S/c1-7-25-18-9-8-17(12-19(18)24-6)16(5)21-26(22,23)20-14(3)10-13(2)11-15(20)4/h8-12,16,21H,7H2,1-6H3. The molecule has 1 unspecified atom stereocenters. The van der Waals surface area contributed by atoms with E-state index in [0.29, 0.717) is 23.0 Å². The lowest BCUT2D eigenvalue weighted by Gasteiger charge is -2.19. The van der Waals surface area contributed by atoms with E-state index in [1.807, 2.05) is 52.8 Å². The second-order valence-corrected chi connectivity index (χ2v) is 8.06. The van der Waals surface area contributed by atoms with E-state index in [4.69, 9.17) is 9.47 Å². The first-order valence-electron chi connectivity index (χ1n) is 8.60. The summed E-state index contributed by atoms with van der Waals surface area (Å²) in [5.41, 5.74) is 3.33. The second kappa shape index (κ2) is 8.10. The molecule has 0 spiro atoms. The van der Waals surface area contributed by atoms with Crippen LogP contribution >= 0.6 is 0 Å². The van der Waals surface area contributed by atoms with Crippen molar-refractivity contribution in [1.29, 1.82) is 0 Å². The molecule has 1 N–H and O–H groups in total. The van der Waals surface area contributed by atoms with Crippen molar-refractivity contribution in [3.63, 3.8) is 0 Å². The summed E-state index contributed by atoms with van der Waals surface area (Å²) >= 11 is 0. The molecule has 0 aliphatic heterocycles. The van der Waals surface area contributed by atoms with Crippen molar-refractivity contribution < 1.29 is 17.9 Å². The zero-order valence-corrected chi connectivity index (χ0v) is 17.0. The van der Waals surface area contributed by atoms with Gasteiger partial charge < -0.3 is 9.47 Å². The summed E-state index contributed by atoms with van der Waals surface area (Å²) in [6, 6.07) is 8.79. The quantitative estimate of drug-likeness (QED) is 0.790. The lowest BCUT2D eigenvalue weighted by atomic mass is 10.1. The Morgan fingerprint density at radius 2 is 1.65 bits per heavy atom. The Morgan fingerprint density at radius 3 is 2.19 bits per heavy atom. The van der Waals surface area contributed by atoms with Gasteiger partial charge in [-0.2, -0.15) is 0 Å². The fourth-order valence-electron chi connectivity index (χ4n) is 3.18. The van der Waals surface area contributed by atoms with Crippen LogP contribution in [0.5, 0.6) is 11.5 Å². The summed E-state index contributed by atoms with van der Waals surface area (Å²) in [5.74, 6) is 1.22. The number of hydrogen-bond acceptors (Lipinski definition) is 4. The smallest absolute Gasteiger partial charge is 0.241 e. The number of nitrogens with one attached hydrogen (secondary N) is 1. The minimum Gasteiger partial charge on any atom is -0.493 e. The molecule has 0 saturated heterocycles. The molecule has 26 heavy (non-hydrogen) atoms. The van der Waals surface area contributed by atoms with Crippen molar-refractivity contribution in [2.45, 2.75) is 45.6 Å². The second-order valence-electron chi connectivity index (χ2n) is 6.41.